The number of hydrogen-bond donors (Lipinski definition) is 1. The van der Waals surface area contributed by atoms with Gasteiger partial charge in [-0.05, 0) is 26.0 Å². The van der Waals surface area contributed by atoms with E-state index in [2.05, 4.69) is 59.4 Å². The van der Waals surface area contributed by atoms with E-state index in [4.69, 9.17) is 0 Å². The van der Waals surface area contributed by atoms with E-state index in [9.17, 15) is 0 Å². The molecule has 3 nitrogen and oxygen atoms in total. The van der Waals surface area contributed by atoms with Gasteiger partial charge < -0.3 is 10.2 Å². The third-order valence-corrected chi connectivity index (χ3v) is 3.98. The number of nitrogens with zero attached hydrogens (tertiary/aromatic N) is 2. The Labute approximate surface area is 117 Å². The van der Waals surface area contributed by atoms with Crippen LogP contribution < -0.4 is 5.32 Å². The molecule has 0 aliphatic carbocycles. The zero-order chi connectivity index (χ0) is 13.5. The number of hydrogen-bond acceptors (Lipinski definition) is 3. The van der Waals surface area contributed by atoms with Gasteiger partial charge in [-0.1, -0.05) is 30.3 Å². The average molecular weight is 261 g/mol. The second-order valence-electron chi connectivity index (χ2n) is 5.63. The molecule has 0 radical (unpaired) electrons. The number of piperazine rings is 1. The molecule has 0 spiro atoms. The van der Waals surface area contributed by atoms with Crippen LogP contribution in [0.2, 0.25) is 0 Å². The van der Waals surface area contributed by atoms with Crippen molar-refractivity contribution in [2.24, 2.45) is 0 Å². The van der Waals surface area contributed by atoms with Crippen LogP contribution in [0.4, 0.5) is 0 Å². The van der Waals surface area contributed by atoms with E-state index in [1.807, 2.05) is 0 Å². The predicted molar refractivity (Wildman–Crippen MR) is 81.5 cm³/mol. The standard InChI is InChI=1S/C16H27N3/c1-15(19-12-9-17-10-13-19)14-18(2)11-8-16-6-4-3-5-7-16/h3-7,15,17H,8-14H2,1-2H3. The Bertz CT molecular complexity index is 346. The maximum atomic E-state index is 3.41. The fourth-order valence-corrected chi connectivity index (χ4v) is 2.75. The monoisotopic (exact) mass is 261 g/mol. The lowest BCUT2D eigenvalue weighted by molar-refractivity contribution is 0.147. The molecule has 1 aliphatic rings. The fraction of sp³-hybridized carbons (Fsp3) is 0.625. The van der Waals surface area contributed by atoms with Gasteiger partial charge in [-0.3, -0.25) is 4.90 Å². The molecule has 106 valence electrons. The van der Waals surface area contributed by atoms with E-state index in [1.165, 1.54) is 18.7 Å². The molecule has 1 aliphatic heterocycles. The predicted octanol–water partition coefficient (Wildman–Crippen LogP) is 1.45. The molecule has 0 saturated carbocycles. The van der Waals surface area contributed by atoms with Gasteiger partial charge in [-0.15, -0.1) is 0 Å². The molecule has 1 unspecified atom stereocenters. The van der Waals surface area contributed by atoms with Crippen LogP contribution >= 0.6 is 0 Å². The largest absolute Gasteiger partial charge is 0.314 e. The van der Waals surface area contributed by atoms with E-state index in [0.717, 1.165) is 32.6 Å². The van der Waals surface area contributed by atoms with Gasteiger partial charge in [0.25, 0.3) is 0 Å². The van der Waals surface area contributed by atoms with Gasteiger partial charge in [0.05, 0.1) is 0 Å². The molecule has 1 aromatic carbocycles. The Morgan fingerprint density at radius 3 is 2.58 bits per heavy atom. The summed E-state index contributed by atoms with van der Waals surface area (Å²) in [5.74, 6) is 0. The second-order valence-corrected chi connectivity index (χ2v) is 5.63. The second kappa shape index (κ2) is 7.63. The van der Waals surface area contributed by atoms with Gasteiger partial charge in [0.15, 0.2) is 0 Å². The van der Waals surface area contributed by atoms with Crippen molar-refractivity contribution in [2.45, 2.75) is 19.4 Å². The first-order valence-electron chi connectivity index (χ1n) is 7.43. The van der Waals surface area contributed by atoms with Crippen LogP contribution in [0.1, 0.15) is 12.5 Å². The van der Waals surface area contributed by atoms with Crippen LogP contribution in [-0.4, -0.2) is 62.2 Å². The van der Waals surface area contributed by atoms with Gasteiger partial charge >= 0.3 is 0 Å². The summed E-state index contributed by atoms with van der Waals surface area (Å²) in [5, 5.41) is 3.41. The van der Waals surface area contributed by atoms with Gasteiger partial charge in [0, 0.05) is 45.3 Å². The minimum atomic E-state index is 0.655. The van der Waals surface area contributed by atoms with Crippen LogP contribution in [0.5, 0.6) is 0 Å². The lowest BCUT2D eigenvalue weighted by atomic mass is 10.1. The average Bonchev–Trinajstić information content (AvgIpc) is 2.47. The topological polar surface area (TPSA) is 18.5 Å². The smallest absolute Gasteiger partial charge is 0.0195 e. The highest BCUT2D eigenvalue weighted by Gasteiger charge is 2.17. The molecule has 0 bridgehead atoms. The first-order chi connectivity index (χ1) is 9.25. The van der Waals surface area contributed by atoms with Gasteiger partial charge in [-0.25, -0.2) is 0 Å². The van der Waals surface area contributed by atoms with E-state index in [0.29, 0.717) is 6.04 Å². The fourth-order valence-electron chi connectivity index (χ4n) is 2.75. The minimum absolute atomic E-state index is 0.655. The summed E-state index contributed by atoms with van der Waals surface area (Å²) < 4.78 is 0. The SMILES string of the molecule is CC(CN(C)CCc1ccccc1)N1CCNCC1. The summed E-state index contributed by atoms with van der Waals surface area (Å²) in [7, 11) is 2.24. The molecule has 0 aromatic heterocycles. The van der Waals surface area contributed by atoms with Crippen LogP contribution in [0.15, 0.2) is 30.3 Å². The summed E-state index contributed by atoms with van der Waals surface area (Å²) >= 11 is 0. The number of likely N-dealkylation sites (N-methyl/N-ethyl adjacent to an activating group) is 1. The highest BCUT2D eigenvalue weighted by Crippen LogP contribution is 2.05. The Kier molecular flexibility index (Phi) is 5.83. The molecule has 1 aromatic rings. The third-order valence-electron chi connectivity index (χ3n) is 3.98. The molecule has 19 heavy (non-hydrogen) atoms. The highest BCUT2D eigenvalue weighted by atomic mass is 15.2. The van der Waals surface area contributed by atoms with Crippen molar-refractivity contribution in [1.82, 2.24) is 15.1 Å². The first-order valence-corrected chi connectivity index (χ1v) is 7.43. The number of rotatable bonds is 6. The number of nitrogens with one attached hydrogen (secondary N) is 1. The molecule has 1 fully saturated rings. The van der Waals surface area contributed by atoms with Gasteiger partial charge in [0.1, 0.15) is 0 Å². The molecule has 1 atom stereocenters. The van der Waals surface area contributed by atoms with Gasteiger partial charge in [-0.2, -0.15) is 0 Å². The van der Waals surface area contributed by atoms with E-state index in [-0.39, 0.29) is 0 Å². The lowest BCUT2D eigenvalue weighted by Crippen LogP contribution is -2.50. The van der Waals surface area contributed by atoms with Gasteiger partial charge in [0.2, 0.25) is 0 Å². The lowest BCUT2D eigenvalue weighted by Gasteiger charge is -2.35. The van der Waals surface area contributed by atoms with Crippen molar-refractivity contribution in [2.75, 3.05) is 46.3 Å². The molecule has 2 rings (SSSR count). The van der Waals surface area contributed by atoms with Crippen LogP contribution in [0.25, 0.3) is 0 Å². The zero-order valence-electron chi connectivity index (χ0n) is 12.3. The summed E-state index contributed by atoms with van der Waals surface area (Å²) in [6.45, 7) is 9.30. The molecular weight excluding hydrogens is 234 g/mol. The maximum Gasteiger partial charge on any atom is 0.0195 e. The van der Waals surface area contributed by atoms with E-state index in [1.54, 1.807) is 0 Å². The molecule has 0 amide bonds. The van der Waals surface area contributed by atoms with E-state index < -0.39 is 0 Å². The summed E-state index contributed by atoms with van der Waals surface area (Å²) in [5.41, 5.74) is 1.43. The van der Waals surface area contributed by atoms with Crippen molar-refractivity contribution < 1.29 is 0 Å². The molecule has 1 N–H and O–H groups in total. The van der Waals surface area contributed by atoms with Crippen molar-refractivity contribution >= 4 is 0 Å². The molecule has 1 heterocycles. The Morgan fingerprint density at radius 2 is 1.89 bits per heavy atom. The third kappa shape index (κ3) is 4.94. The normalized spacial score (nSPS) is 18.7. The first kappa shape index (κ1) is 14.5. The van der Waals surface area contributed by atoms with Crippen molar-refractivity contribution in [3.63, 3.8) is 0 Å². The number of benzene rings is 1. The Hall–Kier alpha value is -0.900. The van der Waals surface area contributed by atoms with E-state index >= 15 is 0 Å². The highest BCUT2D eigenvalue weighted by molar-refractivity contribution is 5.14. The molecule has 3 heteroatoms. The summed E-state index contributed by atoms with van der Waals surface area (Å²) in [4.78, 5) is 5.05. The minimum Gasteiger partial charge on any atom is -0.314 e. The van der Waals surface area contributed by atoms with Crippen molar-refractivity contribution in [3.05, 3.63) is 35.9 Å². The molecular formula is C16H27N3. The zero-order valence-corrected chi connectivity index (χ0v) is 12.3. The van der Waals surface area contributed by atoms with Crippen LogP contribution in [-0.2, 0) is 6.42 Å². The summed E-state index contributed by atoms with van der Waals surface area (Å²) in [6, 6.07) is 11.4. The van der Waals surface area contributed by atoms with Crippen LogP contribution in [0, 0.1) is 0 Å². The van der Waals surface area contributed by atoms with Crippen molar-refractivity contribution in [3.8, 4) is 0 Å². The summed E-state index contributed by atoms with van der Waals surface area (Å²) in [6.07, 6.45) is 1.14. The van der Waals surface area contributed by atoms with Crippen molar-refractivity contribution in [1.29, 1.82) is 0 Å². The molecule has 1 saturated heterocycles. The quantitative estimate of drug-likeness (QED) is 0.836. The van der Waals surface area contributed by atoms with Crippen LogP contribution in [0.3, 0.4) is 0 Å². The Morgan fingerprint density at radius 1 is 1.21 bits per heavy atom. The Balaban J connectivity index is 1.70. The maximum absolute atomic E-state index is 3.41.